The summed E-state index contributed by atoms with van der Waals surface area (Å²) in [7, 11) is 0. The lowest BCUT2D eigenvalue weighted by Gasteiger charge is -2.27. The molecule has 1 aromatic carbocycles. The van der Waals surface area contributed by atoms with Gasteiger partial charge in [0.25, 0.3) is 0 Å². The maximum atomic E-state index is 9.31. The molecule has 17 heavy (non-hydrogen) atoms. The van der Waals surface area contributed by atoms with Crippen LogP contribution in [0.2, 0.25) is 0 Å². The number of ether oxygens (including phenoxy) is 2. The quantitative estimate of drug-likeness (QED) is 0.690. The molecule has 0 spiro atoms. The van der Waals surface area contributed by atoms with Crippen LogP contribution in [0.1, 0.15) is 29.5 Å². The summed E-state index contributed by atoms with van der Waals surface area (Å²) in [5.74, 6) is 1.41. The van der Waals surface area contributed by atoms with E-state index in [0.29, 0.717) is 30.2 Å². The minimum absolute atomic E-state index is 0.628. The monoisotopic (exact) mass is 230 g/mol. The van der Waals surface area contributed by atoms with Gasteiger partial charge in [0.2, 0.25) is 0 Å². The van der Waals surface area contributed by atoms with Gasteiger partial charge in [-0.25, -0.2) is 0 Å². The van der Waals surface area contributed by atoms with E-state index in [4.69, 9.17) is 15.2 Å². The molecule has 3 rings (SSSR count). The second-order valence-corrected chi connectivity index (χ2v) is 4.42. The molecular weight excluding hydrogens is 216 g/mol. The van der Waals surface area contributed by atoms with E-state index in [2.05, 4.69) is 6.07 Å². The van der Waals surface area contributed by atoms with Gasteiger partial charge in [0.05, 0.1) is 18.9 Å². The van der Waals surface area contributed by atoms with Crippen LogP contribution in [0, 0.1) is 11.3 Å². The van der Waals surface area contributed by atoms with Gasteiger partial charge < -0.3 is 15.2 Å². The van der Waals surface area contributed by atoms with Gasteiger partial charge in [-0.2, -0.15) is 5.26 Å². The molecule has 4 nitrogen and oxygen atoms in total. The smallest absolute Gasteiger partial charge is 0.147 e. The van der Waals surface area contributed by atoms with Gasteiger partial charge >= 0.3 is 0 Å². The Morgan fingerprint density at radius 3 is 2.35 bits per heavy atom. The van der Waals surface area contributed by atoms with E-state index < -0.39 is 0 Å². The molecular formula is C13H14N2O2. The maximum absolute atomic E-state index is 9.31. The lowest BCUT2D eigenvalue weighted by molar-refractivity contribution is 0.274. The number of nitrogen functional groups attached to an aromatic ring is 1. The van der Waals surface area contributed by atoms with Gasteiger partial charge in [0, 0.05) is 11.1 Å². The van der Waals surface area contributed by atoms with Gasteiger partial charge in [-0.1, -0.05) is 0 Å². The predicted octanol–water partition coefficient (Wildman–Crippen LogP) is 1.79. The highest BCUT2D eigenvalue weighted by Gasteiger charge is 2.27. The summed E-state index contributed by atoms with van der Waals surface area (Å²) in [5, 5.41) is 9.31. The summed E-state index contributed by atoms with van der Waals surface area (Å²) < 4.78 is 11.3. The summed E-state index contributed by atoms with van der Waals surface area (Å²) in [5.41, 5.74) is 9.32. The van der Waals surface area contributed by atoms with Gasteiger partial charge in [-0.05, 0) is 25.7 Å². The zero-order valence-corrected chi connectivity index (χ0v) is 9.58. The molecule has 0 aromatic heterocycles. The largest absolute Gasteiger partial charge is 0.492 e. The third-order valence-corrected chi connectivity index (χ3v) is 3.39. The van der Waals surface area contributed by atoms with Crippen molar-refractivity contribution in [2.24, 2.45) is 0 Å². The molecule has 2 heterocycles. The fraction of sp³-hybridized carbons (Fsp3) is 0.462. The minimum atomic E-state index is 0.628. The lowest BCUT2D eigenvalue weighted by Crippen LogP contribution is -2.18. The maximum Gasteiger partial charge on any atom is 0.147 e. The Morgan fingerprint density at radius 1 is 1.00 bits per heavy atom. The number of anilines is 1. The van der Waals surface area contributed by atoms with Crippen molar-refractivity contribution in [3.05, 3.63) is 16.7 Å². The second-order valence-electron chi connectivity index (χ2n) is 4.42. The summed E-state index contributed by atoms with van der Waals surface area (Å²) in [4.78, 5) is 0. The zero-order chi connectivity index (χ0) is 11.8. The van der Waals surface area contributed by atoms with Gasteiger partial charge in [-0.15, -0.1) is 0 Å². The highest BCUT2D eigenvalue weighted by atomic mass is 16.5. The number of nitrogens with zero attached hydrogens (tertiary/aromatic N) is 1. The van der Waals surface area contributed by atoms with Crippen molar-refractivity contribution in [3.63, 3.8) is 0 Å². The van der Waals surface area contributed by atoms with Crippen molar-refractivity contribution >= 4 is 5.69 Å². The van der Waals surface area contributed by atoms with Crippen molar-refractivity contribution in [2.45, 2.75) is 25.7 Å². The van der Waals surface area contributed by atoms with E-state index in [0.717, 1.165) is 42.6 Å². The first-order valence-corrected chi connectivity index (χ1v) is 5.95. The molecule has 4 heteroatoms. The molecule has 0 saturated heterocycles. The molecule has 0 amide bonds. The third kappa shape index (κ3) is 1.42. The number of rotatable bonds is 0. The summed E-state index contributed by atoms with van der Waals surface area (Å²) in [6, 6.07) is 2.25. The average Bonchev–Trinajstić information content (AvgIpc) is 2.40. The first-order chi connectivity index (χ1) is 8.33. The summed E-state index contributed by atoms with van der Waals surface area (Å²) in [6.45, 7) is 1.35. The van der Waals surface area contributed by atoms with Crippen molar-refractivity contribution in [3.8, 4) is 17.6 Å². The molecule has 88 valence electrons. The van der Waals surface area contributed by atoms with Crippen LogP contribution < -0.4 is 15.2 Å². The predicted molar refractivity (Wildman–Crippen MR) is 63.2 cm³/mol. The van der Waals surface area contributed by atoms with Gasteiger partial charge in [-0.3, -0.25) is 0 Å². The van der Waals surface area contributed by atoms with Crippen LogP contribution in [0.25, 0.3) is 0 Å². The van der Waals surface area contributed by atoms with Crippen LogP contribution in [0.5, 0.6) is 11.5 Å². The van der Waals surface area contributed by atoms with Gasteiger partial charge in [0.1, 0.15) is 23.1 Å². The Bertz CT molecular complexity index is 480. The van der Waals surface area contributed by atoms with Crippen LogP contribution in [0.15, 0.2) is 0 Å². The number of nitrogens with two attached hydrogens (primary N) is 1. The van der Waals surface area contributed by atoms with Crippen molar-refractivity contribution in [1.29, 1.82) is 5.26 Å². The first kappa shape index (κ1) is 10.3. The number of hydrogen-bond acceptors (Lipinski definition) is 4. The molecule has 0 unspecified atom stereocenters. The van der Waals surface area contributed by atoms with Gasteiger partial charge in [0.15, 0.2) is 0 Å². The standard InChI is InChI=1S/C13H14N2O2/c14-7-10-8-3-1-6-17-13(8)11(15)9-4-2-5-16-12(9)10/h1-6,15H2. The third-order valence-electron chi connectivity index (χ3n) is 3.39. The van der Waals surface area contributed by atoms with E-state index >= 15 is 0 Å². The van der Waals surface area contributed by atoms with Crippen molar-refractivity contribution < 1.29 is 9.47 Å². The fourth-order valence-corrected chi connectivity index (χ4v) is 2.60. The Morgan fingerprint density at radius 2 is 1.65 bits per heavy atom. The molecule has 2 aliphatic heterocycles. The van der Waals surface area contributed by atoms with Crippen LogP contribution in [-0.4, -0.2) is 13.2 Å². The molecule has 0 bridgehead atoms. The van der Waals surface area contributed by atoms with Crippen LogP contribution in [-0.2, 0) is 12.8 Å². The Labute approximate surface area is 99.9 Å². The number of nitriles is 1. The summed E-state index contributed by atoms with van der Waals surface area (Å²) >= 11 is 0. The normalized spacial score (nSPS) is 17.1. The topological polar surface area (TPSA) is 68.3 Å². The molecule has 0 saturated carbocycles. The van der Waals surface area contributed by atoms with E-state index in [1.807, 2.05) is 0 Å². The molecule has 0 radical (unpaired) electrons. The second kappa shape index (κ2) is 3.85. The van der Waals surface area contributed by atoms with E-state index in [1.165, 1.54) is 0 Å². The van der Waals surface area contributed by atoms with Crippen LogP contribution in [0.4, 0.5) is 5.69 Å². The highest BCUT2D eigenvalue weighted by molar-refractivity contribution is 5.73. The molecule has 1 aromatic rings. The number of hydrogen-bond donors (Lipinski definition) is 1. The number of fused-ring (bicyclic) bond motifs is 2. The summed E-state index contributed by atoms with van der Waals surface area (Å²) in [6.07, 6.45) is 3.59. The van der Waals surface area contributed by atoms with Crippen LogP contribution >= 0.6 is 0 Å². The van der Waals surface area contributed by atoms with E-state index in [1.54, 1.807) is 0 Å². The Hall–Kier alpha value is -1.89. The van der Waals surface area contributed by atoms with Crippen LogP contribution in [0.3, 0.4) is 0 Å². The highest BCUT2D eigenvalue weighted by Crippen LogP contribution is 2.44. The molecule has 0 atom stereocenters. The molecule has 2 aliphatic rings. The molecule has 0 fully saturated rings. The Kier molecular flexibility index (Phi) is 2.32. The van der Waals surface area contributed by atoms with E-state index in [-0.39, 0.29) is 0 Å². The minimum Gasteiger partial charge on any atom is -0.492 e. The fourth-order valence-electron chi connectivity index (χ4n) is 2.60. The average molecular weight is 230 g/mol. The van der Waals surface area contributed by atoms with Crippen molar-refractivity contribution in [2.75, 3.05) is 18.9 Å². The lowest BCUT2D eigenvalue weighted by atomic mass is 9.92. The molecule has 0 aliphatic carbocycles. The molecule has 2 N–H and O–H groups in total. The zero-order valence-electron chi connectivity index (χ0n) is 9.58. The Balaban J connectivity index is 2.30. The van der Waals surface area contributed by atoms with E-state index in [9.17, 15) is 5.26 Å². The SMILES string of the molecule is N#Cc1c2c(c(N)c3c1OCCC3)OCCC2. The van der Waals surface area contributed by atoms with Crippen molar-refractivity contribution in [1.82, 2.24) is 0 Å². The number of benzene rings is 1. The first-order valence-electron chi connectivity index (χ1n) is 5.95.